The highest BCUT2D eigenvalue weighted by molar-refractivity contribution is 5.88. The first-order valence-corrected chi connectivity index (χ1v) is 8.33. The summed E-state index contributed by atoms with van der Waals surface area (Å²) in [4.78, 5) is 16.6. The fourth-order valence-electron chi connectivity index (χ4n) is 3.57. The predicted octanol–water partition coefficient (Wildman–Crippen LogP) is 2.47. The molecule has 0 bridgehead atoms. The number of carbonyl (C=O) groups excluding carboxylic acids is 1. The molecule has 1 aliphatic heterocycles. The minimum absolute atomic E-state index is 0.00324. The van der Waals surface area contributed by atoms with Crippen LogP contribution in [0.1, 0.15) is 43.8 Å². The van der Waals surface area contributed by atoms with Crippen LogP contribution in [0.15, 0.2) is 6.07 Å². The van der Waals surface area contributed by atoms with Gasteiger partial charge in [-0.1, -0.05) is 12.8 Å². The number of aromatic nitrogens is 2. The molecule has 2 amide bonds. The number of nitrogens with zero attached hydrogens (tertiary/aromatic N) is 4. The van der Waals surface area contributed by atoms with E-state index in [9.17, 15) is 4.79 Å². The molecule has 6 heteroatoms. The number of carbonyl (C=O) groups is 1. The van der Waals surface area contributed by atoms with Crippen LogP contribution in [0, 0.1) is 6.92 Å². The molecule has 1 aliphatic carbocycles. The first-order valence-electron chi connectivity index (χ1n) is 8.33. The van der Waals surface area contributed by atoms with Gasteiger partial charge in [0.2, 0.25) is 0 Å². The molecule has 1 saturated carbocycles. The molecule has 0 radical (unpaired) electrons. The number of likely N-dealkylation sites (tertiary alicyclic amines) is 1. The van der Waals surface area contributed by atoms with Gasteiger partial charge in [-0.05, 0) is 40.3 Å². The Morgan fingerprint density at radius 1 is 1.32 bits per heavy atom. The number of hydrogen-bond donors (Lipinski definition) is 1. The number of anilines is 1. The van der Waals surface area contributed by atoms with E-state index >= 15 is 0 Å². The zero-order valence-corrected chi connectivity index (χ0v) is 13.9. The van der Waals surface area contributed by atoms with Gasteiger partial charge in [-0.15, -0.1) is 0 Å². The number of hydrogen-bond acceptors (Lipinski definition) is 3. The summed E-state index contributed by atoms with van der Waals surface area (Å²) in [7, 11) is 4.15. The monoisotopic (exact) mass is 305 g/mol. The van der Waals surface area contributed by atoms with Crippen LogP contribution in [0.25, 0.3) is 0 Å². The van der Waals surface area contributed by atoms with Crippen molar-refractivity contribution < 1.29 is 4.79 Å². The molecule has 2 fully saturated rings. The first-order chi connectivity index (χ1) is 10.5. The summed E-state index contributed by atoms with van der Waals surface area (Å²) >= 11 is 0. The molecule has 0 spiro atoms. The van der Waals surface area contributed by atoms with Gasteiger partial charge in [0.05, 0.1) is 11.7 Å². The second-order valence-corrected chi connectivity index (χ2v) is 6.84. The van der Waals surface area contributed by atoms with Gasteiger partial charge in [-0.25, -0.2) is 9.48 Å². The maximum Gasteiger partial charge on any atom is 0.323 e. The van der Waals surface area contributed by atoms with Gasteiger partial charge in [-0.3, -0.25) is 5.32 Å². The molecule has 1 N–H and O–H groups in total. The highest BCUT2D eigenvalue weighted by Crippen LogP contribution is 2.32. The Morgan fingerprint density at radius 3 is 2.68 bits per heavy atom. The summed E-state index contributed by atoms with van der Waals surface area (Å²) in [5.41, 5.74) is 0.967. The quantitative estimate of drug-likeness (QED) is 0.933. The molecule has 1 aromatic rings. The second kappa shape index (κ2) is 6.28. The van der Waals surface area contributed by atoms with Crippen molar-refractivity contribution in [2.24, 2.45) is 0 Å². The van der Waals surface area contributed by atoms with Crippen LogP contribution >= 0.6 is 0 Å². The largest absolute Gasteiger partial charge is 0.323 e. The lowest BCUT2D eigenvalue weighted by Gasteiger charge is -2.21. The van der Waals surface area contributed by atoms with Crippen LogP contribution in [0.4, 0.5) is 10.6 Å². The molecular weight excluding hydrogens is 278 g/mol. The number of nitrogens with one attached hydrogen (secondary N) is 1. The highest BCUT2D eigenvalue weighted by atomic mass is 16.2. The van der Waals surface area contributed by atoms with Crippen LogP contribution in [-0.4, -0.2) is 58.8 Å². The van der Waals surface area contributed by atoms with Crippen molar-refractivity contribution in [2.45, 2.75) is 51.1 Å². The van der Waals surface area contributed by atoms with E-state index in [1.807, 2.05) is 22.6 Å². The van der Waals surface area contributed by atoms with Crippen molar-refractivity contribution >= 4 is 11.8 Å². The Bertz CT molecular complexity index is 533. The van der Waals surface area contributed by atoms with Crippen LogP contribution in [0.3, 0.4) is 0 Å². The molecular formula is C16H27N5O. The minimum atomic E-state index is 0.00324. The molecule has 2 aliphatic rings. The third-order valence-electron chi connectivity index (χ3n) is 4.94. The van der Waals surface area contributed by atoms with Crippen LogP contribution < -0.4 is 5.32 Å². The topological polar surface area (TPSA) is 53.4 Å². The van der Waals surface area contributed by atoms with Gasteiger partial charge in [0.1, 0.15) is 5.82 Å². The lowest BCUT2D eigenvalue weighted by molar-refractivity contribution is 0.216. The van der Waals surface area contributed by atoms with E-state index in [-0.39, 0.29) is 6.03 Å². The average Bonchev–Trinajstić information content (AvgIpc) is 3.18. The lowest BCUT2D eigenvalue weighted by Crippen LogP contribution is -2.37. The van der Waals surface area contributed by atoms with Crippen molar-refractivity contribution in [3.8, 4) is 0 Å². The predicted molar refractivity (Wildman–Crippen MR) is 87.2 cm³/mol. The molecule has 1 unspecified atom stereocenters. The van der Waals surface area contributed by atoms with E-state index in [1.54, 1.807) is 0 Å². The molecule has 122 valence electrons. The fraction of sp³-hybridized carbons (Fsp3) is 0.750. The van der Waals surface area contributed by atoms with E-state index in [1.165, 1.54) is 12.8 Å². The van der Waals surface area contributed by atoms with Crippen molar-refractivity contribution in [3.63, 3.8) is 0 Å². The number of rotatable bonds is 3. The summed E-state index contributed by atoms with van der Waals surface area (Å²) in [5.74, 6) is 0.850. The molecule has 2 heterocycles. The fourth-order valence-corrected chi connectivity index (χ4v) is 3.57. The lowest BCUT2D eigenvalue weighted by atomic mass is 10.2. The number of aryl methyl sites for hydroxylation is 1. The maximum atomic E-state index is 12.5. The molecule has 1 saturated heterocycles. The van der Waals surface area contributed by atoms with E-state index in [0.29, 0.717) is 12.1 Å². The summed E-state index contributed by atoms with van der Waals surface area (Å²) in [6.07, 6.45) is 5.88. The Hall–Kier alpha value is -1.56. The van der Waals surface area contributed by atoms with Gasteiger partial charge >= 0.3 is 6.03 Å². The zero-order chi connectivity index (χ0) is 15.7. The molecule has 3 rings (SSSR count). The third kappa shape index (κ3) is 3.11. The van der Waals surface area contributed by atoms with Gasteiger partial charge < -0.3 is 9.80 Å². The summed E-state index contributed by atoms with van der Waals surface area (Å²) in [5, 5.41) is 7.67. The van der Waals surface area contributed by atoms with Gasteiger partial charge in [0.15, 0.2) is 0 Å². The normalized spacial score (nSPS) is 22.7. The molecule has 1 atom stereocenters. The van der Waals surface area contributed by atoms with Crippen molar-refractivity contribution in [2.75, 3.05) is 32.5 Å². The van der Waals surface area contributed by atoms with Crippen LogP contribution in [-0.2, 0) is 0 Å². The third-order valence-corrected chi connectivity index (χ3v) is 4.94. The molecule has 0 aromatic carbocycles. The maximum absolute atomic E-state index is 12.5. The Balaban J connectivity index is 1.67. The van der Waals surface area contributed by atoms with Gasteiger partial charge in [0.25, 0.3) is 0 Å². The van der Waals surface area contributed by atoms with E-state index in [4.69, 9.17) is 0 Å². The smallest absolute Gasteiger partial charge is 0.323 e. The van der Waals surface area contributed by atoms with Gasteiger partial charge in [0, 0.05) is 25.2 Å². The first kappa shape index (κ1) is 15.3. The van der Waals surface area contributed by atoms with E-state index in [0.717, 1.165) is 43.9 Å². The Labute approximate surface area is 132 Å². The van der Waals surface area contributed by atoms with E-state index in [2.05, 4.69) is 29.4 Å². The number of likely N-dealkylation sites (N-methyl/N-ethyl adjacent to an activating group) is 1. The van der Waals surface area contributed by atoms with Crippen molar-refractivity contribution in [3.05, 3.63) is 11.8 Å². The molecule has 6 nitrogen and oxygen atoms in total. The highest BCUT2D eigenvalue weighted by Gasteiger charge is 2.28. The van der Waals surface area contributed by atoms with Crippen molar-refractivity contribution in [1.29, 1.82) is 0 Å². The number of urea groups is 1. The van der Waals surface area contributed by atoms with Crippen LogP contribution in [0.5, 0.6) is 0 Å². The average molecular weight is 305 g/mol. The second-order valence-electron chi connectivity index (χ2n) is 6.84. The molecule has 1 aromatic heterocycles. The summed E-state index contributed by atoms with van der Waals surface area (Å²) in [6, 6.07) is 2.89. The van der Waals surface area contributed by atoms with E-state index < -0.39 is 0 Å². The summed E-state index contributed by atoms with van der Waals surface area (Å²) in [6.45, 7) is 3.61. The standard InChI is InChI=1S/C16H27N5O/c1-12-10-15(21(18-12)13-6-4-5-7-13)17-16(22)20-9-8-14(11-20)19(2)3/h10,13-14H,4-9,11H2,1-3H3,(H,17,22). The Morgan fingerprint density at radius 2 is 2.05 bits per heavy atom. The summed E-state index contributed by atoms with van der Waals surface area (Å²) < 4.78 is 2.03. The Kier molecular flexibility index (Phi) is 4.38. The minimum Gasteiger partial charge on any atom is -0.323 e. The molecule has 22 heavy (non-hydrogen) atoms. The van der Waals surface area contributed by atoms with Gasteiger partial charge in [-0.2, -0.15) is 5.10 Å². The zero-order valence-electron chi connectivity index (χ0n) is 13.9. The number of amides is 2. The SMILES string of the molecule is Cc1cc(NC(=O)N2CCC(N(C)C)C2)n(C2CCCC2)n1. The van der Waals surface area contributed by atoms with Crippen LogP contribution in [0.2, 0.25) is 0 Å². The van der Waals surface area contributed by atoms with Crippen molar-refractivity contribution in [1.82, 2.24) is 19.6 Å².